The third kappa shape index (κ3) is 1.91. The molecule has 0 unspecified atom stereocenters. The second kappa shape index (κ2) is 4.83. The summed E-state index contributed by atoms with van der Waals surface area (Å²) in [6.07, 6.45) is -0.0794. The zero-order valence-electron chi connectivity index (χ0n) is 12.6. The Balaban J connectivity index is 1.67. The van der Waals surface area contributed by atoms with Crippen molar-refractivity contribution in [2.75, 3.05) is 0 Å². The molecule has 1 fully saturated rings. The minimum atomic E-state index is -1.11. The van der Waals surface area contributed by atoms with Gasteiger partial charge in [-0.15, -0.1) is 0 Å². The number of ether oxygens (including phenoxy) is 1. The van der Waals surface area contributed by atoms with Crippen LogP contribution in [0.15, 0.2) is 35.5 Å². The second-order valence-electron chi connectivity index (χ2n) is 6.34. The number of carboxylic acids is 1. The van der Waals surface area contributed by atoms with Gasteiger partial charge in [0.1, 0.15) is 17.6 Å². The van der Waals surface area contributed by atoms with Crippen molar-refractivity contribution in [3.8, 4) is 5.75 Å². The number of para-hydroxylation sites is 1. The molecular formula is C17H17NO5. The Morgan fingerprint density at radius 1 is 1.35 bits per heavy atom. The number of hydrogen-bond acceptors (Lipinski definition) is 4. The third-order valence-corrected chi connectivity index (χ3v) is 5.00. The summed E-state index contributed by atoms with van der Waals surface area (Å²) in [7, 11) is 0. The maximum absolute atomic E-state index is 12.2. The van der Waals surface area contributed by atoms with E-state index in [9.17, 15) is 19.8 Å². The fourth-order valence-corrected chi connectivity index (χ4v) is 3.97. The molecule has 0 radical (unpaired) electrons. The summed E-state index contributed by atoms with van der Waals surface area (Å²) in [6, 6.07) is 7.36. The molecule has 1 aromatic carbocycles. The number of benzene rings is 1. The molecule has 6 nitrogen and oxygen atoms in total. The number of aliphatic hydroxyl groups excluding tert-OH is 1. The van der Waals surface area contributed by atoms with Crippen molar-refractivity contribution in [3.63, 3.8) is 0 Å². The average molecular weight is 315 g/mol. The average Bonchev–Trinajstić information content (AvgIpc) is 3.05. The van der Waals surface area contributed by atoms with E-state index in [1.165, 1.54) is 4.90 Å². The number of carboxylic acid groups (broad SMARTS) is 1. The number of β-lactam (4-membered cyclic amide) rings is 1. The predicted molar refractivity (Wildman–Crippen MR) is 79.6 cm³/mol. The summed E-state index contributed by atoms with van der Waals surface area (Å²) in [6.45, 7) is 1.57. The van der Waals surface area contributed by atoms with Crippen LogP contribution in [-0.2, 0) is 16.0 Å². The van der Waals surface area contributed by atoms with Crippen LogP contribution in [0.3, 0.4) is 0 Å². The van der Waals surface area contributed by atoms with E-state index in [-0.39, 0.29) is 23.8 Å². The molecule has 0 aromatic heterocycles. The molecule has 4 atom stereocenters. The van der Waals surface area contributed by atoms with Gasteiger partial charge in [0.15, 0.2) is 0 Å². The van der Waals surface area contributed by atoms with Crippen molar-refractivity contribution in [1.29, 1.82) is 0 Å². The minimum Gasteiger partial charge on any atom is -0.485 e. The molecule has 3 aliphatic heterocycles. The van der Waals surface area contributed by atoms with Crippen molar-refractivity contribution in [1.82, 2.24) is 4.90 Å². The van der Waals surface area contributed by atoms with Crippen LogP contribution in [0, 0.1) is 5.92 Å². The quantitative estimate of drug-likeness (QED) is 0.811. The SMILES string of the molecule is C[C@@H](O)[C@H]1C(=O)N2C(C(=O)O)=C([C@@H]3Cc4ccccc4O3)C[C@H]12. The van der Waals surface area contributed by atoms with E-state index in [0.717, 1.165) is 11.3 Å². The number of aliphatic hydroxyl groups is 1. The molecule has 2 N–H and O–H groups in total. The second-order valence-corrected chi connectivity index (χ2v) is 6.34. The number of fused-ring (bicyclic) bond motifs is 2. The van der Waals surface area contributed by atoms with Crippen LogP contribution < -0.4 is 4.74 Å². The molecule has 0 bridgehead atoms. The molecule has 4 rings (SSSR count). The standard InChI is InChI=1S/C17H17NO5/c1-8(19)14-11-7-10(15(17(21)22)18(11)16(14)20)13-6-9-4-2-3-5-12(9)23-13/h2-5,8,11,13-14,19H,6-7H2,1H3,(H,21,22)/t8-,11-,13+,14-/m1/s1. The van der Waals surface area contributed by atoms with Gasteiger partial charge in [-0.3, -0.25) is 4.79 Å². The lowest BCUT2D eigenvalue weighted by molar-refractivity contribution is -0.161. The largest absolute Gasteiger partial charge is 0.485 e. The predicted octanol–water partition coefficient (Wildman–Crippen LogP) is 0.940. The lowest BCUT2D eigenvalue weighted by Gasteiger charge is -2.44. The number of aliphatic carboxylic acids is 1. The number of carbonyl (C=O) groups is 2. The van der Waals surface area contributed by atoms with E-state index < -0.39 is 18.0 Å². The van der Waals surface area contributed by atoms with Gasteiger partial charge in [0, 0.05) is 12.0 Å². The molecule has 1 amide bonds. The van der Waals surface area contributed by atoms with E-state index in [2.05, 4.69) is 0 Å². The van der Waals surface area contributed by atoms with Crippen molar-refractivity contribution in [3.05, 3.63) is 41.1 Å². The highest BCUT2D eigenvalue weighted by Gasteiger charge is 2.57. The van der Waals surface area contributed by atoms with Gasteiger partial charge in [-0.1, -0.05) is 18.2 Å². The number of rotatable bonds is 3. The topological polar surface area (TPSA) is 87.1 Å². The first-order valence-electron chi connectivity index (χ1n) is 7.71. The highest BCUT2D eigenvalue weighted by Crippen LogP contribution is 2.46. The van der Waals surface area contributed by atoms with Gasteiger partial charge in [-0.2, -0.15) is 0 Å². The summed E-state index contributed by atoms with van der Waals surface area (Å²) < 4.78 is 5.90. The maximum atomic E-state index is 12.2. The Morgan fingerprint density at radius 3 is 2.74 bits per heavy atom. The molecule has 23 heavy (non-hydrogen) atoms. The highest BCUT2D eigenvalue weighted by molar-refractivity contribution is 5.99. The van der Waals surface area contributed by atoms with Crippen LogP contribution in [0.2, 0.25) is 0 Å². The molecule has 0 aliphatic carbocycles. The van der Waals surface area contributed by atoms with Gasteiger partial charge in [-0.05, 0) is 25.0 Å². The van der Waals surface area contributed by atoms with E-state index in [1.54, 1.807) is 6.92 Å². The molecule has 3 aliphatic rings. The van der Waals surface area contributed by atoms with Crippen LogP contribution in [-0.4, -0.2) is 45.2 Å². The number of nitrogens with zero attached hydrogens (tertiary/aromatic N) is 1. The third-order valence-electron chi connectivity index (χ3n) is 5.00. The van der Waals surface area contributed by atoms with Crippen LogP contribution in [0.4, 0.5) is 0 Å². The van der Waals surface area contributed by atoms with Gasteiger partial charge in [0.05, 0.1) is 18.1 Å². The van der Waals surface area contributed by atoms with E-state index >= 15 is 0 Å². The first-order valence-corrected chi connectivity index (χ1v) is 7.71. The smallest absolute Gasteiger partial charge is 0.352 e. The number of amides is 1. The Kier molecular flexibility index (Phi) is 2.99. The summed E-state index contributed by atoms with van der Waals surface area (Å²) in [5.74, 6) is -1.18. The van der Waals surface area contributed by atoms with Crippen molar-refractivity contribution < 1.29 is 24.5 Å². The zero-order valence-corrected chi connectivity index (χ0v) is 12.6. The van der Waals surface area contributed by atoms with E-state index in [4.69, 9.17) is 4.74 Å². The maximum Gasteiger partial charge on any atom is 0.352 e. The van der Waals surface area contributed by atoms with Gasteiger partial charge >= 0.3 is 5.97 Å². The first-order chi connectivity index (χ1) is 11.0. The van der Waals surface area contributed by atoms with Crippen LogP contribution in [0.1, 0.15) is 18.9 Å². The Labute approximate surface area is 133 Å². The summed E-state index contributed by atoms with van der Waals surface area (Å²) in [5, 5.41) is 19.3. The molecule has 0 saturated carbocycles. The summed E-state index contributed by atoms with van der Waals surface area (Å²) >= 11 is 0. The van der Waals surface area contributed by atoms with Crippen molar-refractivity contribution in [2.45, 2.75) is 38.0 Å². The monoisotopic (exact) mass is 315 g/mol. The lowest BCUT2D eigenvalue weighted by atomic mass is 9.82. The Hall–Kier alpha value is -2.34. The van der Waals surface area contributed by atoms with Gasteiger partial charge in [0.2, 0.25) is 5.91 Å². The normalized spacial score (nSPS) is 29.7. The fraction of sp³-hybridized carbons (Fsp3) is 0.412. The molecule has 1 saturated heterocycles. The molecule has 3 heterocycles. The Morgan fingerprint density at radius 2 is 2.09 bits per heavy atom. The molecule has 120 valence electrons. The molecular weight excluding hydrogens is 298 g/mol. The van der Waals surface area contributed by atoms with E-state index in [0.29, 0.717) is 18.4 Å². The minimum absolute atomic E-state index is 0.0368. The van der Waals surface area contributed by atoms with Gasteiger partial charge in [0.25, 0.3) is 0 Å². The highest BCUT2D eigenvalue weighted by atomic mass is 16.5. The number of hydrogen-bond donors (Lipinski definition) is 2. The van der Waals surface area contributed by atoms with Crippen molar-refractivity contribution in [2.24, 2.45) is 5.92 Å². The first kappa shape index (κ1) is 14.3. The molecule has 6 heteroatoms. The van der Waals surface area contributed by atoms with Crippen LogP contribution >= 0.6 is 0 Å². The van der Waals surface area contributed by atoms with E-state index in [1.807, 2.05) is 24.3 Å². The lowest BCUT2D eigenvalue weighted by Crippen LogP contribution is -2.61. The van der Waals surface area contributed by atoms with Crippen LogP contribution in [0.5, 0.6) is 5.75 Å². The molecule has 1 aromatic rings. The summed E-state index contributed by atoms with van der Waals surface area (Å²) in [4.78, 5) is 25.2. The fourth-order valence-electron chi connectivity index (χ4n) is 3.97. The van der Waals surface area contributed by atoms with Gasteiger partial charge < -0.3 is 19.8 Å². The number of carbonyl (C=O) groups excluding carboxylic acids is 1. The molecule has 0 spiro atoms. The zero-order chi connectivity index (χ0) is 16.3. The van der Waals surface area contributed by atoms with Crippen molar-refractivity contribution >= 4 is 11.9 Å². The van der Waals surface area contributed by atoms with Gasteiger partial charge in [-0.25, -0.2) is 4.79 Å². The summed E-state index contributed by atoms with van der Waals surface area (Å²) in [5.41, 5.74) is 1.73. The Bertz CT molecular complexity index is 713. The van der Waals surface area contributed by atoms with Crippen LogP contribution in [0.25, 0.3) is 0 Å².